The molecule has 0 unspecified atom stereocenters. The van der Waals surface area contributed by atoms with Crippen LogP contribution in [0, 0.1) is 5.41 Å². The average Bonchev–Trinajstić information content (AvgIpc) is 2.44. The van der Waals surface area contributed by atoms with Crippen molar-refractivity contribution in [3.05, 3.63) is 0 Å². The highest BCUT2D eigenvalue weighted by Gasteiger charge is 2.34. The molecule has 1 aliphatic carbocycles. The van der Waals surface area contributed by atoms with Gasteiger partial charge in [-0.3, -0.25) is 4.99 Å². The summed E-state index contributed by atoms with van der Waals surface area (Å²) in [6.45, 7) is 12.3. The van der Waals surface area contributed by atoms with Gasteiger partial charge in [0.25, 0.3) is 0 Å². The van der Waals surface area contributed by atoms with Crippen LogP contribution in [0.2, 0.25) is 0 Å². The van der Waals surface area contributed by atoms with Gasteiger partial charge >= 0.3 is 0 Å². The summed E-state index contributed by atoms with van der Waals surface area (Å²) in [4.78, 5) is 6.78. The summed E-state index contributed by atoms with van der Waals surface area (Å²) in [7, 11) is 1.86. The van der Waals surface area contributed by atoms with Gasteiger partial charge in [0.2, 0.25) is 0 Å². The van der Waals surface area contributed by atoms with Crippen LogP contribution in [0.1, 0.15) is 52.9 Å². The highest BCUT2D eigenvalue weighted by Crippen LogP contribution is 2.42. The predicted octanol–water partition coefficient (Wildman–Crippen LogP) is 2.46. The minimum Gasteiger partial charge on any atom is -0.356 e. The van der Waals surface area contributed by atoms with Crippen molar-refractivity contribution in [2.24, 2.45) is 10.4 Å². The molecule has 0 radical (unpaired) electrons. The van der Waals surface area contributed by atoms with Crippen molar-refractivity contribution in [1.82, 2.24) is 15.5 Å². The van der Waals surface area contributed by atoms with Crippen LogP contribution in [0.3, 0.4) is 0 Å². The zero-order valence-electron chi connectivity index (χ0n) is 14.0. The van der Waals surface area contributed by atoms with E-state index in [0.717, 1.165) is 38.7 Å². The summed E-state index contributed by atoms with van der Waals surface area (Å²) in [5, 5.41) is 6.93. The molecule has 118 valence electrons. The third-order valence-electron chi connectivity index (χ3n) is 4.86. The molecule has 0 aromatic carbocycles. The topological polar surface area (TPSA) is 39.7 Å². The molecule has 0 aliphatic heterocycles. The third-order valence-corrected chi connectivity index (χ3v) is 4.86. The van der Waals surface area contributed by atoms with E-state index in [4.69, 9.17) is 0 Å². The molecule has 0 spiro atoms. The zero-order valence-corrected chi connectivity index (χ0v) is 14.0. The Labute approximate surface area is 125 Å². The van der Waals surface area contributed by atoms with Crippen molar-refractivity contribution in [1.29, 1.82) is 0 Å². The molecule has 0 aromatic rings. The van der Waals surface area contributed by atoms with E-state index in [-0.39, 0.29) is 0 Å². The van der Waals surface area contributed by atoms with Crippen LogP contribution in [0.15, 0.2) is 4.99 Å². The van der Waals surface area contributed by atoms with Crippen LogP contribution >= 0.6 is 0 Å². The molecule has 0 heterocycles. The molecule has 0 saturated heterocycles. The first-order chi connectivity index (χ1) is 9.69. The fourth-order valence-corrected chi connectivity index (χ4v) is 2.87. The summed E-state index contributed by atoms with van der Waals surface area (Å²) in [6.07, 6.45) is 6.58. The van der Waals surface area contributed by atoms with Gasteiger partial charge in [-0.05, 0) is 50.7 Å². The van der Waals surface area contributed by atoms with Crippen molar-refractivity contribution in [3.8, 4) is 0 Å². The summed E-state index contributed by atoms with van der Waals surface area (Å²) >= 11 is 0. The van der Waals surface area contributed by atoms with E-state index in [2.05, 4.69) is 41.3 Å². The molecular formula is C16H34N4. The lowest BCUT2D eigenvalue weighted by Gasteiger charge is -2.41. The molecule has 0 bridgehead atoms. The number of hydrogen-bond donors (Lipinski definition) is 2. The minimum atomic E-state index is 0.541. The molecule has 1 aliphatic rings. The lowest BCUT2D eigenvalue weighted by atomic mass is 9.67. The minimum absolute atomic E-state index is 0.541. The van der Waals surface area contributed by atoms with Crippen LogP contribution in [0.25, 0.3) is 0 Å². The van der Waals surface area contributed by atoms with E-state index in [1.54, 1.807) is 0 Å². The molecule has 0 aromatic heterocycles. The monoisotopic (exact) mass is 282 g/mol. The van der Waals surface area contributed by atoms with Crippen molar-refractivity contribution >= 4 is 5.96 Å². The van der Waals surface area contributed by atoms with Crippen LogP contribution in [0.4, 0.5) is 0 Å². The highest BCUT2D eigenvalue weighted by atomic mass is 15.2. The standard InChI is InChI=1S/C16H34N4/c1-5-16(10-8-11-16)14-19-15(17-4)18-12-9-13-20(6-2)7-3/h5-14H2,1-4H3,(H2,17,18,19). The summed E-state index contributed by atoms with van der Waals surface area (Å²) in [6, 6.07) is 0. The largest absolute Gasteiger partial charge is 0.356 e. The predicted molar refractivity (Wildman–Crippen MR) is 88.3 cm³/mol. The molecule has 1 saturated carbocycles. The molecule has 20 heavy (non-hydrogen) atoms. The molecule has 1 rings (SSSR count). The normalized spacial score (nSPS) is 17.9. The Morgan fingerprint density at radius 1 is 1.15 bits per heavy atom. The quantitative estimate of drug-likeness (QED) is 0.388. The second kappa shape index (κ2) is 9.22. The fraction of sp³-hybridized carbons (Fsp3) is 0.938. The Hall–Kier alpha value is -0.770. The SMILES string of the molecule is CCN(CC)CCCNC(=NC)NCC1(CC)CCC1. The molecular weight excluding hydrogens is 248 g/mol. The van der Waals surface area contributed by atoms with E-state index >= 15 is 0 Å². The Balaban J connectivity index is 2.17. The van der Waals surface area contributed by atoms with Crippen molar-refractivity contribution in [3.63, 3.8) is 0 Å². The van der Waals surface area contributed by atoms with E-state index in [9.17, 15) is 0 Å². The van der Waals surface area contributed by atoms with Gasteiger partial charge in [-0.2, -0.15) is 0 Å². The second-order valence-electron chi connectivity index (χ2n) is 5.94. The van der Waals surface area contributed by atoms with Crippen LogP contribution in [-0.2, 0) is 0 Å². The van der Waals surface area contributed by atoms with Crippen molar-refractivity contribution in [2.45, 2.75) is 52.9 Å². The Bertz CT molecular complexity index is 275. The van der Waals surface area contributed by atoms with Gasteiger partial charge in [-0.15, -0.1) is 0 Å². The molecule has 0 atom stereocenters. The highest BCUT2D eigenvalue weighted by molar-refractivity contribution is 5.79. The van der Waals surface area contributed by atoms with E-state index < -0.39 is 0 Å². The Morgan fingerprint density at radius 3 is 2.30 bits per heavy atom. The maximum absolute atomic E-state index is 4.32. The maximum Gasteiger partial charge on any atom is 0.190 e. The van der Waals surface area contributed by atoms with E-state index in [1.807, 2.05) is 7.05 Å². The summed E-state index contributed by atoms with van der Waals surface area (Å²) in [5.41, 5.74) is 0.541. The van der Waals surface area contributed by atoms with Gasteiger partial charge in [-0.25, -0.2) is 0 Å². The van der Waals surface area contributed by atoms with Gasteiger partial charge in [-0.1, -0.05) is 27.2 Å². The van der Waals surface area contributed by atoms with Crippen LogP contribution in [-0.4, -0.2) is 50.6 Å². The molecule has 0 amide bonds. The van der Waals surface area contributed by atoms with E-state index in [0.29, 0.717) is 5.41 Å². The summed E-state index contributed by atoms with van der Waals surface area (Å²) < 4.78 is 0. The van der Waals surface area contributed by atoms with Gasteiger partial charge < -0.3 is 15.5 Å². The van der Waals surface area contributed by atoms with E-state index in [1.165, 1.54) is 32.1 Å². The van der Waals surface area contributed by atoms with Gasteiger partial charge in [0.15, 0.2) is 5.96 Å². The first kappa shape index (κ1) is 17.3. The maximum atomic E-state index is 4.32. The lowest BCUT2D eigenvalue weighted by Crippen LogP contribution is -2.46. The number of rotatable bonds is 9. The van der Waals surface area contributed by atoms with Crippen LogP contribution < -0.4 is 10.6 Å². The Kier molecular flexibility index (Phi) is 7.97. The van der Waals surface area contributed by atoms with Gasteiger partial charge in [0, 0.05) is 20.1 Å². The first-order valence-electron chi connectivity index (χ1n) is 8.36. The molecule has 4 nitrogen and oxygen atoms in total. The second-order valence-corrected chi connectivity index (χ2v) is 5.94. The zero-order chi connectivity index (χ0) is 14.8. The number of aliphatic imine (C=N–C) groups is 1. The van der Waals surface area contributed by atoms with Gasteiger partial charge in [0.05, 0.1) is 0 Å². The molecule has 4 heteroatoms. The Morgan fingerprint density at radius 2 is 1.85 bits per heavy atom. The summed E-state index contributed by atoms with van der Waals surface area (Å²) in [5.74, 6) is 0.962. The average molecular weight is 282 g/mol. The number of nitrogens with zero attached hydrogens (tertiary/aromatic N) is 2. The lowest BCUT2D eigenvalue weighted by molar-refractivity contribution is 0.131. The number of guanidine groups is 1. The smallest absolute Gasteiger partial charge is 0.190 e. The molecule has 2 N–H and O–H groups in total. The number of hydrogen-bond acceptors (Lipinski definition) is 2. The first-order valence-corrected chi connectivity index (χ1v) is 8.36. The number of nitrogens with one attached hydrogen (secondary N) is 2. The molecule has 1 fully saturated rings. The third kappa shape index (κ3) is 5.31. The fourth-order valence-electron chi connectivity index (χ4n) is 2.87. The van der Waals surface area contributed by atoms with Crippen molar-refractivity contribution in [2.75, 3.05) is 39.8 Å². The van der Waals surface area contributed by atoms with Crippen molar-refractivity contribution < 1.29 is 0 Å². The van der Waals surface area contributed by atoms with Crippen LogP contribution in [0.5, 0.6) is 0 Å². The van der Waals surface area contributed by atoms with Gasteiger partial charge in [0.1, 0.15) is 0 Å².